The van der Waals surface area contributed by atoms with Crippen molar-refractivity contribution >= 4 is 5.78 Å². The molecule has 0 radical (unpaired) electrons. The van der Waals surface area contributed by atoms with E-state index in [0.717, 1.165) is 31.4 Å². The number of allylic oxidation sites excluding steroid dienone is 1. The molecule has 5 heteroatoms. The first-order chi connectivity index (χ1) is 13.7. The summed E-state index contributed by atoms with van der Waals surface area (Å²) in [6.45, 7) is 8.24. The molecule has 2 aliphatic rings. The Morgan fingerprint density at radius 1 is 1.14 bits per heavy atom. The van der Waals surface area contributed by atoms with Crippen molar-refractivity contribution in [2.24, 2.45) is 0 Å². The Morgan fingerprint density at radius 3 is 2.41 bits per heavy atom. The molecule has 0 saturated carbocycles. The lowest BCUT2D eigenvalue weighted by molar-refractivity contribution is -0.146. The quantitative estimate of drug-likeness (QED) is 0.670. The molecule has 0 saturated heterocycles. The molecule has 1 aromatic rings. The van der Waals surface area contributed by atoms with Gasteiger partial charge in [-0.15, -0.1) is 0 Å². The number of aliphatic hydroxyl groups is 1. The van der Waals surface area contributed by atoms with Crippen LogP contribution in [0.1, 0.15) is 52.5 Å². The van der Waals surface area contributed by atoms with Gasteiger partial charge in [-0.05, 0) is 65.1 Å². The highest BCUT2D eigenvalue weighted by Gasteiger charge is 2.61. The monoisotopic (exact) mass is 399 g/mol. The maximum Gasteiger partial charge on any atom is 0.244 e. The Hall–Kier alpha value is -2.11. The number of carbonyl (C=O) groups is 1. The highest BCUT2D eigenvalue weighted by atomic mass is 16.6. The number of rotatable bonds is 8. The zero-order valence-corrected chi connectivity index (χ0v) is 18.1. The van der Waals surface area contributed by atoms with Gasteiger partial charge < -0.3 is 14.6 Å². The molecule has 1 aromatic carbocycles. The van der Waals surface area contributed by atoms with E-state index in [9.17, 15) is 9.90 Å². The zero-order chi connectivity index (χ0) is 21.2. The Balaban J connectivity index is 1.91. The van der Waals surface area contributed by atoms with Crippen LogP contribution in [0.3, 0.4) is 0 Å². The van der Waals surface area contributed by atoms with Crippen LogP contribution in [0, 0.1) is 0 Å². The number of nitrogens with zero attached hydrogens (tertiary/aromatic N) is 1. The topological polar surface area (TPSA) is 59.0 Å². The van der Waals surface area contributed by atoms with Crippen LogP contribution >= 0.6 is 0 Å². The van der Waals surface area contributed by atoms with Crippen LogP contribution in [0.5, 0.6) is 0 Å². The lowest BCUT2D eigenvalue weighted by Crippen LogP contribution is -2.58. The lowest BCUT2D eigenvalue weighted by Gasteiger charge is -2.46. The highest BCUT2D eigenvalue weighted by Crippen LogP contribution is 2.46. The first-order valence-electron chi connectivity index (χ1n) is 10.5. The number of ether oxygens (including phenoxy) is 2. The predicted molar refractivity (Wildman–Crippen MR) is 113 cm³/mol. The van der Waals surface area contributed by atoms with Crippen LogP contribution < -0.4 is 0 Å². The van der Waals surface area contributed by atoms with Gasteiger partial charge in [0.25, 0.3) is 0 Å². The van der Waals surface area contributed by atoms with Gasteiger partial charge in [-0.1, -0.05) is 36.4 Å². The van der Waals surface area contributed by atoms with E-state index in [0.29, 0.717) is 0 Å². The fraction of sp³-hybridized carbons (Fsp3) is 0.542. The normalized spacial score (nSPS) is 24.8. The van der Waals surface area contributed by atoms with Gasteiger partial charge in [-0.25, -0.2) is 0 Å². The molecule has 0 aromatic heterocycles. The molecule has 2 aliphatic carbocycles. The molecular formula is C24H33NO4. The fourth-order valence-corrected chi connectivity index (χ4v) is 4.14. The lowest BCUT2D eigenvalue weighted by atomic mass is 9.71. The van der Waals surface area contributed by atoms with Gasteiger partial charge in [0.1, 0.15) is 0 Å². The van der Waals surface area contributed by atoms with Crippen LogP contribution in [-0.2, 0) is 20.8 Å². The molecule has 0 aliphatic heterocycles. The van der Waals surface area contributed by atoms with E-state index in [1.165, 1.54) is 5.56 Å². The molecule has 3 rings (SSSR count). The summed E-state index contributed by atoms with van der Waals surface area (Å²) in [5.41, 5.74) is 0.189. The second-order valence-corrected chi connectivity index (χ2v) is 8.54. The molecule has 158 valence electrons. The third-order valence-electron chi connectivity index (χ3n) is 5.41. The van der Waals surface area contributed by atoms with Crippen LogP contribution in [0.15, 0.2) is 53.5 Å². The molecule has 2 atom stereocenters. The van der Waals surface area contributed by atoms with Gasteiger partial charge in [0.15, 0.2) is 5.76 Å². The summed E-state index contributed by atoms with van der Waals surface area (Å²) in [6, 6.07) is 10.2. The Morgan fingerprint density at radius 2 is 1.79 bits per heavy atom. The smallest absolute Gasteiger partial charge is 0.244 e. The molecule has 0 heterocycles. The van der Waals surface area contributed by atoms with Gasteiger partial charge in [-0.3, -0.25) is 9.69 Å². The Labute approximate surface area is 174 Å². The van der Waals surface area contributed by atoms with E-state index < -0.39 is 11.4 Å². The first kappa shape index (κ1) is 21.6. The van der Waals surface area contributed by atoms with Crippen molar-refractivity contribution in [3.05, 3.63) is 59.1 Å². The number of Topliss-reactive ketones (excluding diaryl/α,β-unsaturated/α-hetero) is 1. The number of likely N-dealkylation sites (N-methyl/N-ethyl adjacent to an activating group) is 1. The fourth-order valence-electron chi connectivity index (χ4n) is 4.14. The number of hydrogen-bond donors (Lipinski definition) is 1. The maximum absolute atomic E-state index is 13.1. The van der Waals surface area contributed by atoms with Crippen LogP contribution in [-0.4, -0.2) is 46.7 Å². The molecule has 0 fully saturated rings. The van der Waals surface area contributed by atoms with E-state index in [1.54, 1.807) is 0 Å². The third kappa shape index (κ3) is 4.26. The van der Waals surface area contributed by atoms with Crippen LogP contribution in [0.2, 0.25) is 0 Å². The summed E-state index contributed by atoms with van der Waals surface area (Å²) >= 11 is 0. The van der Waals surface area contributed by atoms with E-state index in [2.05, 4.69) is 17.0 Å². The summed E-state index contributed by atoms with van der Waals surface area (Å²) in [4.78, 5) is 15.3. The Kier molecular flexibility index (Phi) is 6.49. The Bertz CT molecular complexity index is 796. The standard InChI is InChI=1S/C24H33NO4/c1-16(2)28-21-22(26)24(27,23(21)29-17(3)4)19-13-9-10-14-20(19)25(5)15-18-11-7-6-8-12-18/h6-8,11-13,16-17,20,27H,9-10,14-15H2,1-5H3/t20-,24-/m0/s1. The summed E-state index contributed by atoms with van der Waals surface area (Å²) in [6.07, 6.45) is 4.44. The van der Waals surface area contributed by atoms with Crippen LogP contribution in [0.25, 0.3) is 0 Å². The number of carbonyl (C=O) groups excluding carboxylic acids is 1. The summed E-state index contributed by atoms with van der Waals surface area (Å²) in [7, 11) is 2.04. The average molecular weight is 400 g/mol. The molecule has 29 heavy (non-hydrogen) atoms. The third-order valence-corrected chi connectivity index (χ3v) is 5.41. The molecular weight excluding hydrogens is 366 g/mol. The molecule has 0 bridgehead atoms. The number of ketones is 1. The van der Waals surface area contributed by atoms with Crippen molar-refractivity contribution in [1.82, 2.24) is 4.90 Å². The van der Waals surface area contributed by atoms with E-state index in [-0.39, 0.29) is 29.8 Å². The van der Waals surface area contributed by atoms with Gasteiger partial charge in [0, 0.05) is 12.6 Å². The van der Waals surface area contributed by atoms with Crippen molar-refractivity contribution in [2.45, 2.75) is 77.4 Å². The van der Waals surface area contributed by atoms with E-state index >= 15 is 0 Å². The van der Waals surface area contributed by atoms with Gasteiger partial charge in [-0.2, -0.15) is 0 Å². The van der Waals surface area contributed by atoms with Gasteiger partial charge in [0.2, 0.25) is 17.1 Å². The number of benzene rings is 1. The molecule has 1 N–H and O–H groups in total. The van der Waals surface area contributed by atoms with Crippen molar-refractivity contribution in [2.75, 3.05) is 7.05 Å². The number of hydrogen-bond acceptors (Lipinski definition) is 5. The SMILES string of the molecule is CC(C)OC1=C(OC(C)C)[C@](O)(C2=CCCC[C@@H]2N(C)Cc2ccccc2)C1=O. The largest absolute Gasteiger partial charge is 0.487 e. The zero-order valence-electron chi connectivity index (χ0n) is 18.1. The van der Waals surface area contributed by atoms with Crippen molar-refractivity contribution in [1.29, 1.82) is 0 Å². The summed E-state index contributed by atoms with van der Waals surface area (Å²) in [5.74, 6) is 0.0257. The predicted octanol–water partition coefficient (Wildman–Crippen LogP) is 3.97. The van der Waals surface area contributed by atoms with Crippen molar-refractivity contribution in [3.63, 3.8) is 0 Å². The summed E-state index contributed by atoms with van der Waals surface area (Å²) < 4.78 is 11.6. The van der Waals surface area contributed by atoms with Gasteiger partial charge in [0.05, 0.1) is 12.2 Å². The van der Waals surface area contributed by atoms with Crippen molar-refractivity contribution in [3.8, 4) is 0 Å². The van der Waals surface area contributed by atoms with Crippen LogP contribution in [0.4, 0.5) is 0 Å². The highest BCUT2D eigenvalue weighted by molar-refractivity contribution is 6.12. The molecule has 5 nitrogen and oxygen atoms in total. The minimum atomic E-state index is -1.73. The molecule has 0 unspecified atom stereocenters. The van der Waals surface area contributed by atoms with E-state index in [4.69, 9.17) is 9.47 Å². The van der Waals surface area contributed by atoms with Crippen molar-refractivity contribution < 1.29 is 19.4 Å². The average Bonchev–Trinajstić information content (AvgIpc) is 2.70. The second kappa shape index (κ2) is 8.72. The maximum atomic E-state index is 13.1. The molecule has 0 spiro atoms. The molecule has 0 amide bonds. The first-order valence-corrected chi connectivity index (χ1v) is 10.5. The second-order valence-electron chi connectivity index (χ2n) is 8.54. The minimum Gasteiger partial charge on any atom is -0.487 e. The van der Waals surface area contributed by atoms with E-state index in [1.807, 2.05) is 59.0 Å². The minimum absolute atomic E-state index is 0.0377. The summed E-state index contributed by atoms with van der Waals surface area (Å²) in [5, 5.41) is 11.6. The van der Waals surface area contributed by atoms with Gasteiger partial charge >= 0.3 is 0 Å².